The second-order valence-corrected chi connectivity index (χ2v) is 5.62. The summed E-state index contributed by atoms with van der Waals surface area (Å²) >= 11 is 0. The van der Waals surface area contributed by atoms with Crippen LogP contribution in [0.5, 0.6) is 0 Å². The smallest absolute Gasteiger partial charge is 0.191 e. The van der Waals surface area contributed by atoms with Gasteiger partial charge < -0.3 is 15.4 Å². The number of aryl methyl sites for hydroxylation is 1. The fraction of sp³-hybridized carbons (Fsp3) is 0.786. The molecule has 1 aliphatic rings. The maximum Gasteiger partial charge on any atom is 0.191 e. The Morgan fingerprint density at radius 1 is 1.55 bits per heavy atom. The topological polar surface area (TPSA) is 79.6 Å². The number of hydrogen-bond acceptors (Lipinski definition) is 5. The number of aromatic nitrogens is 3. The highest BCUT2D eigenvalue weighted by Crippen LogP contribution is 2.09. The predicted molar refractivity (Wildman–Crippen MR) is 85.7 cm³/mol. The van der Waals surface area contributed by atoms with Crippen LogP contribution in [0.3, 0.4) is 0 Å². The van der Waals surface area contributed by atoms with Crippen molar-refractivity contribution >= 4 is 5.96 Å². The van der Waals surface area contributed by atoms with Crippen LogP contribution in [0.1, 0.15) is 19.7 Å². The standard InChI is InChI=1S/C14H27N7O/c1-11(21-5-6-22-9-12(21)2)7-16-14(15-3)17-8-13-18-10-19-20(13)4/h10-12H,5-9H2,1-4H3,(H2,15,16,17). The molecule has 2 N–H and O–H groups in total. The molecule has 0 radical (unpaired) electrons. The number of nitrogens with zero attached hydrogens (tertiary/aromatic N) is 5. The second kappa shape index (κ2) is 8.09. The van der Waals surface area contributed by atoms with Gasteiger partial charge in [-0.25, -0.2) is 4.98 Å². The SMILES string of the molecule is CN=C(NCc1ncnn1C)NCC(C)N1CCOCC1C. The molecule has 2 heterocycles. The summed E-state index contributed by atoms with van der Waals surface area (Å²) in [4.78, 5) is 10.9. The molecule has 1 aliphatic heterocycles. The predicted octanol–water partition coefficient (Wildman–Crippen LogP) is -0.411. The van der Waals surface area contributed by atoms with Gasteiger partial charge in [0, 0.05) is 39.3 Å². The first-order valence-electron chi connectivity index (χ1n) is 7.72. The first-order valence-corrected chi connectivity index (χ1v) is 7.72. The van der Waals surface area contributed by atoms with Crippen LogP contribution in [-0.4, -0.2) is 71.1 Å². The van der Waals surface area contributed by atoms with Gasteiger partial charge in [-0.1, -0.05) is 0 Å². The molecule has 0 aliphatic carbocycles. The molecule has 1 aromatic heterocycles. The van der Waals surface area contributed by atoms with Crippen molar-refractivity contribution in [2.24, 2.45) is 12.0 Å². The lowest BCUT2D eigenvalue weighted by Gasteiger charge is -2.38. The van der Waals surface area contributed by atoms with Gasteiger partial charge in [0.05, 0.1) is 19.8 Å². The highest BCUT2D eigenvalue weighted by Gasteiger charge is 2.23. The lowest BCUT2D eigenvalue weighted by Crippen LogP contribution is -2.53. The van der Waals surface area contributed by atoms with Crippen LogP contribution in [0.15, 0.2) is 11.3 Å². The molecule has 0 saturated carbocycles. The van der Waals surface area contributed by atoms with Crippen LogP contribution in [0, 0.1) is 0 Å². The number of nitrogens with one attached hydrogen (secondary N) is 2. The average Bonchev–Trinajstić information content (AvgIpc) is 2.93. The van der Waals surface area contributed by atoms with E-state index in [0.29, 0.717) is 18.6 Å². The van der Waals surface area contributed by atoms with Gasteiger partial charge in [0.1, 0.15) is 12.2 Å². The van der Waals surface area contributed by atoms with Crippen LogP contribution in [0.25, 0.3) is 0 Å². The summed E-state index contributed by atoms with van der Waals surface area (Å²) in [5.74, 6) is 1.65. The molecule has 0 amide bonds. The van der Waals surface area contributed by atoms with E-state index in [1.807, 2.05) is 7.05 Å². The summed E-state index contributed by atoms with van der Waals surface area (Å²) in [7, 11) is 3.65. The van der Waals surface area contributed by atoms with Gasteiger partial charge in [-0.3, -0.25) is 14.6 Å². The molecule has 0 spiro atoms. The van der Waals surface area contributed by atoms with Crippen LogP contribution in [0.2, 0.25) is 0 Å². The number of guanidine groups is 1. The van der Waals surface area contributed by atoms with Gasteiger partial charge in [-0.2, -0.15) is 5.10 Å². The normalized spacial score (nSPS) is 21.6. The highest BCUT2D eigenvalue weighted by molar-refractivity contribution is 5.79. The van der Waals surface area contributed by atoms with E-state index in [0.717, 1.165) is 38.1 Å². The van der Waals surface area contributed by atoms with Crippen molar-refractivity contribution < 1.29 is 4.74 Å². The molecular formula is C14H27N7O. The minimum absolute atomic E-state index is 0.423. The zero-order valence-corrected chi connectivity index (χ0v) is 13.9. The summed E-state index contributed by atoms with van der Waals surface area (Å²) in [6.07, 6.45) is 1.55. The largest absolute Gasteiger partial charge is 0.379 e. The van der Waals surface area contributed by atoms with Crippen molar-refractivity contribution in [2.45, 2.75) is 32.5 Å². The van der Waals surface area contributed by atoms with Gasteiger partial charge in [-0.15, -0.1) is 0 Å². The fourth-order valence-corrected chi connectivity index (χ4v) is 2.62. The van der Waals surface area contributed by atoms with E-state index in [-0.39, 0.29) is 0 Å². The van der Waals surface area contributed by atoms with Crippen LogP contribution in [0.4, 0.5) is 0 Å². The van der Waals surface area contributed by atoms with E-state index >= 15 is 0 Å². The summed E-state index contributed by atoms with van der Waals surface area (Å²) in [6.45, 7) is 8.47. The van der Waals surface area contributed by atoms with Gasteiger partial charge in [0.15, 0.2) is 5.96 Å². The third-order valence-electron chi connectivity index (χ3n) is 3.99. The first kappa shape index (κ1) is 16.7. The molecule has 124 valence electrons. The number of rotatable bonds is 5. The Kier molecular flexibility index (Phi) is 6.14. The Morgan fingerprint density at radius 2 is 2.36 bits per heavy atom. The zero-order chi connectivity index (χ0) is 15.9. The first-order chi connectivity index (χ1) is 10.6. The van der Waals surface area contributed by atoms with E-state index in [2.05, 4.69) is 44.5 Å². The molecule has 1 fully saturated rings. The Bertz CT molecular complexity index is 487. The number of hydrogen-bond donors (Lipinski definition) is 2. The second-order valence-electron chi connectivity index (χ2n) is 5.62. The van der Waals surface area contributed by atoms with Gasteiger partial charge in [0.2, 0.25) is 0 Å². The maximum atomic E-state index is 5.49. The lowest BCUT2D eigenvalue weighted by atomic mass is 10.2. The Labute approximate surface area is 132 Å². The Morgan fingerprint density at radius 3 is 3.00 bits per heavy atom. The van der Waals surface area contributed by atoms with E-state index in [9.17, 15) is 0 Å². The maximum absolute atomic E-state index is 5.49. The minimum Gasteiger partial charge on any atom is -0.379 e. The summed E-state index contributed by atoms with van der Waals surface area (Å²) in [6, 6.07) is 0.881. The van der Waals surface area contributed by atoms with Crippen LogP contribution in [-0.2, 0) is 18.3 Å². The number of aliphatic imine (C=N–C) groups is 1. The molecule has 2 atom stereocenters. The van der Waals surface area contributed by atoms with E-state index in [4.69, 9.17) is 4.74 Å². The van der Waals surface area contributed by atoms with E-state index < -0.39 is 0 Å². The van der Waals surface area contributed by atoms with Crippen molar-refractivity contribution in [3.05, 3.63) is 12.2 Å². The van der Waals surface area contributed by atoms with Crippen molar-refractivity contribution in [3.63, 3.8) is 0 Å². The molecule has 22 heavy (non-hydrogen) atoms. The van der Waals surface area contributed by atoms with Crippen molar-refractivity contribution in [1.29, 1.82) is 0 Å². The highest BCUT2D eigenvalue weighted by atomic mass is 16.5. The third-order valence-corrected chi connectivity index (χ3v) is 3.99. The summed E-state index contributed by atoms with van der Waals surface area (Å²) in [5.41, 5.74) is 0. The summed E-state index contributed by atoms with van der Waals surface area (Å²) in [5, 5.41) is 10.7. The monoisotopic (exact) mass is 309 g/mol. The Balaban J connectivity index is 1.77. The van der Waals surface area contributed by atoms with Crippen molar-refractivity contribution in [3.8, 4) is 0 Å². The summed E-state index contributed by atoms with van der Waals surface area (Å²) < 4.78 is 7.24. The van der Waals surface area contributed by atoms with Crippen molar-refractivity contribution in [1.82, 2.24) is 30.3 Å². The van der Waals surface area contributed by atoms with Gasteiger partial charge in [0.25, 0.3) is 0 Å². The number of morpholine rings is 1. The fourth-order valence-electron chi connectivity index (χ4n) is 2.62. The Hall–Kier alpha value is -1.67. The quantitative estimate of drug-likeness (QED) is 0.569. The van der Waals surface area contributed by atoms with Crippen LogP contribution < -0.4 is 10.6 Å². The average molecular weight is 309 g/mol. The van der Waals surface area contributed by atoms with Crippen LogP contribution >= 0.6 is 0 Å². The molecule has 1 aromatic rings. The molecular weight excluding hydrogens is 282 g/mol. The zero-order valence-electron chi connectivity index (χ0n) is 13.9. The molecule has 0 aromatic carbocycles. The number of ether oxygens (including phenoxy) is 1. The van der Waals surface area contributed by atoms with Crippen molar-refractivity contribution in [2.75, 3.05) is 33.4 Å². The third kappa shape index (κ3) is 4.41. The molecule has 2 rings (SSSR count). The molecule has 0 bridgehead atoms. The lowest BCUT2D eigenvalue weighted by molar-refractivity contribution is -0.0174. The van der Waals surface area contributed by atoms with E-state index in [1.165, 1.54) is 0 Å². The van der Waals surface area contributed by atoms with Gasteiger partial charge >= 0.3 is 0 Å². The van der Waals surface area contributed by atoms with E-state index in [1.54, 1.807) is 18.1 Å². The molecule has 8 nitrogen and oxygen atoms in total. The molecule has 8 heteroatoms. The van der Waals surface area contributed by atoms with Gasteiger partial charge in [-0.05, 0) is 13.8 Å². The molecule has 2 unspecified atom stereocenters. The molecule has 1 saturated heterocycles. The minimum atomic E-state index is 0.423.